The molecule has 0 spiro atoms. The molecule has 1 aromatic carbocycles. The molecule has 1 N–H and O–H groups in total. The fourth-order valence-electron chi connectivity index (χ4n) is 1.28. The summed E-state index contributed by atoms with van der Waals surface area (Å²) < 4.78 is 18.5. The van der Waals surface area contributed by atoms with Gasteiger partial charge in [0.25, 0.3) is 0 Å². The Balaban J connectivity index is 2.55. The molecule has 0 aliphatic rings. The highest BCUT2D eigenvalue weighted by atomic mass is 35.5. The Morgan fingerprint density at radius 3 is 2.88 bits per heavy atom. The molecule has 5 heteroatoms. The van der Waals surface area contributed by atoms with E-state index in [-0.39, 0.29) is 5.75 Å². The van der Waals surface area contributed by atoms with Crippen LogP contribution in [0.2, 0.25) is 0 Å². The molecular formula is C11H13ClFNO2. The molecule has 1 aromatic rings. The number of hydrogen-bond acceptors (Lipinski definition) is 2. The highest BCUT2D eigenvalue weighted by Crippen LogP contribution is 2.18. The summed E-state index contributed by atoms with van der Waals surface area (Å²) in [6.07, 6.45) is 0.530. The van der Waals surface area contributed by atoms with E-state index in [4.69, 9.17) is 16.3 Å². The molecule has 0 saturated carbocycles. The first-order chi connectivity index (χ1) is 7.63. The summed E-state index contributed by atoms with van der Waals surface area (Å²) in [7, 11) is 0. The van der Waals surface area contributed by atoms with Crippen LogP contribution in [0.3, 0.4) is 0 Å². The second-order valence-electron chi connectivity index (χ2n) is 3.15. The summed E-state index contributed by atoms with van der Waals surface area (Å²) in [5, 5.41) is 1.82. The highest BCUT2D eigenvalue weighted by Gasteiger charge is 2.04. The van der Waals surface area contributed by atoms with Crippen molar-refractivity contribution < 1.29 is 13.9 Å². The monoisotopic (exact) mass is 245 g/mol. The van der Waals surface area contributed by atoms with Crippen LogP contribution in [0, 0.1) is 5.82 Å². The van der Waals surface area contributed by atoms with E-state index in [1.807, 2.05) is 0 Å². The molecule has 0 saturated heterocycles. The number of benzene rings is 1. The standard InChI is InChI=1S/C11H13ClFNO2/c1-2-16-10-4-3-8(7-9(10)13)5-6-14-11(12)15/h3-4,7H,2,5-6H2,1H3,(H,14,15). The Hall–Kier alpha value is -1.29. The Morgan fingerprint density at radius 1 is 1.56 bits per heavy atom. The van der Waals surface area contributed by atoms with Crippen LogP contribution in [0.4, 0.5) is 9.18 Å². The zero-order valence-corrected chi connectivity index (χ0v) is 9.68. The molecule has 1 amide bonds. The van der Waals surface area contributed by atoms with Crippen molar-refractivity contribution in [3.05, 3.63) is 29.6 Å². The molecule has 16 heavy (non-hydrogen) atoms. The van der Waals surface area contributed by atoms with Gasteiger partial charge in [0.2, 0.25) is 0 Å². The van der Waals surface area contributed by atoms with Crippen LogP contribution in [0.15, 0.2) is 18.2 Å². The topological polar surface area (TPSA) is 38.3 Å². The smallest absolute Gasteiger partial charge is 0.313 e. The van der Waals surface area contributed by atoms with Crippen molar-refractivity contribution in [3.8, 4) is 5.75 Å². The number of rotatable bonds is 5. The third-order valence-electron chi connectivity index (χ3n) is 1.97. The Bertz CT molecular complexity index is 371. The van der Waals surface area contributed by atoms with Gasteiger partial charge in [-0.15, -0.1) is 0 Å². The maximum atomic E-state index is 13.4. The number of nitrogens with one attached hydrogen (secondary N) is 1. The molecule has 0 aromatic heterocycles. The summed E-state index contributed by atoms with van der Waals surface area (Å²) in [6.45, 7) is 2.61. The second-order valence-corrected chi connectivity index (χ2v) is 3.49. The lowest BCUT2D eigenvalue weighted by atomic mass is 10.1. The predicted octanol–water partition coefficient (Wildman–Crippen LogP) is 2.72. The van der Waals surface area contributed by atoms with E-state index in [1.54, 1.807) is 19.1 Å². The van der Waals surface area contributed by atoms with Crippen LogP contribution in [-0.2, 0) is 6.42 Å². The van der Waals surface area contributed by atoms with Crippen LogP contribution in [0.25, 0.3) is 0 Å². The SMILES string of the molecule is CCOc1ccc(CCNC(=O)Cl)cc1F. The van der Waals surface area contributed by atoms with E-state index in [2.05, 4.69) is 5.32 Å². The van der Waals surface area contributed by atoms with Gasteiger partial charge >= 0.3 is 5.37 Å². The van der Waals surface area contributed by atoms with Gasteiger partial charge in [0.1, 0.15) is 0 Å². The van der Waals surface area contributed by atoms with Crippen LogP contribution in [0.1, 0.15) is 12.5 Å². The van der Waals surface area contributed by atoms with Gasteiger partial charge in [-0.25, -0.2) is 4.39 Å². The molecule has 0 aliphatic carbocycles. The average Bonchev–Trinajstić information content (AvgIpc) is 2.21. The predicted molar refractivity (Wildman–Crippen MR) is 60.5 cm³/mol. The van der Waals surface area contributed by atoms with Gasteiger partial charge in [0.05, 0.1) is 6.61 Å². The number of halogens is 2. The van der Waals surface area contributed by atoms with Crippen molar-refractivity contribution >= 4 is 17.0 Å². The Morgan fingerprint density at radius 2 is 2.31 bits per heavy atom. The summed E-state index contributed by atoms with van der Waals surface area (Å²) in [6, 6.07) is 4.73. The minimum atomic E-state index is -0.605. The fourth-order valence-corrected chi connectivity index (χ4v) is 1.37. The van der Waals surface area contributed by atoms with Crippen molar-refractivity contribution in [2.45, 2.75) is 13.3 Å². The fraction of sp³-hybridized carbons (Fsp3) is 0.364. The molecule has 0 atom stereocenters. The Labute approximate surface area is 98.5 Å². The van der Waals surface area contributed by atoms with Crippen molar-refractivity contribution in [1.29, 1.82) is 0 Å². The first-order valence-electron chi connectivity index (χ1n) is 4.98. The third kappa shape index (κ3) is 4.06. The first-order valence-corrected chi connectivity index (χ1v) is 5.36. The zero-order valence-electron chi connectivity index (χ0n) is 8.93. The van der Waals surface area contributed by atoms with E-state index >= 15 is 0 Å². The average molecular weight is 246 g/mol. The van der Waals surface area contributed by atoms with E-state index < -0.39 is 11.2 Å². The van der Waals surface area contributed by atoms with E-state index in [9.17, 15) is 9.18 Å². The van der Waals surface area contributed by atoms with E-state index in [1.165, 1.54) is 6.07 Å². The van der Waals surface area contributed by atoms with Crippen LogP contribution in [0.5, 0.6) is 5.75 Å². The maximum Gasteiger partial charge on any atom is 0.313 e. The van der Waals surface area contributed by atoms with Gasteiger partial charge in [0, 0.05) is 6.54 Å². The minimum Gasteiger partial charge on any atom is -0.491 e. The highest BCUT2D eigenvalue weighted by molar-refractivity contribution is 6.62. The van der Waals surface area contributed by atoms with Crippen molar-refractivity contribution in [2.75, 3.05) is 13.2 Å². The van der Waals surface area contributed by atoms with E-state index in [0.717, 1.165) is 5.56 Å². The summed E-state index contributed by atoms with van der Waals surface area (Å²) >= 11 is 5.10. The van der Waals surface area contributed by atoms with Crippen molar-refractivity contribution in [1.82, 2.24) is 5.32 Å². The summed E-state index contributed by atoms with van der Waals surface area (Å²) in [5.41, 5.74) is 0.784. The lowest BCUT2D eigenvalue weighted by molar-refractivity contribution is 0.260. The number of carbonyl (C=O) groups excluding carboxylic acids is 1. The van der Waals surface area contributed by atoms with Crippen LogP contribution < -0.4 is 10.1 Å². The van der Waals surface area contributed by atoms with Gasteiger partial charge in [-0.3, -0.25) is 4.79 Å². The molecule has 0 aliphatic heterocycles. The van der Waals surface area contributed by atoms with Gasteiger partial charge in [-0.2, -0.15) is 0 Å². The molecule has 88 valence electrons. The lowest BCUT2D eigenvalue weighted by Gasteiger charge is -2.06. The second kappa shape index (κ2) is 6.33. The third-order valence-corrected chi connectivity index (χ3v) is 2.11. The molecule has 0 heterocycles. The van der Waals surface area contributed by atoms with Crippen LogP contribution >= 0.6 is 11.6 Å². The molecule has 0 bridgehead atoms. The lowest BCUT2D eigenvalue weighted by Crippen LogP contribution is -2.19. The number of carbonyl (C=O) groups is 1. The quantitative estimate of drug-likeness (QED) is 0.640. The normalized spacial score (nSPS) is 9.94. The molecule has 1 rings (SSSR count). The minimum absolute atomic E-state index is 0.243. The van der Waals surface area contributed by atoms with Crippen molar-refractivity contribution in [2.24, 2.45) is 0 Å². The molecule has 0 unspecified atom stereocenters. The molecule has 0 radical (unpaired) electrons. The zero-order chi connectivity index (χ0) is 12.0. The largest absolute Gasteiger partial charge is 0.491 e. The van der Waals surface area contributed by atoms with Crippen molar-refractivity contribution in [3.63, 3.8) is 0 Å². The summed E-state index contributed by atoms with van der Waals surface area (Å²) in [4.78, 5) is 10.4. The van der Waals surface area contributed by atoms with E-state index in [0.29, 0.717) is 19.6 Å². The van der Waals surface area contributed by atoms with Crippen LogP contribution in [-0.4, -0.2) is 18.5 Å². The Kier molecular flexibility index (Phi) is 5.05. The number of amides is 1. The number of ether oxygens (including phenoxy) is 1. The van der Waals surface area contributed by atoms with Gasteiger partial charge in [-0.05, 0) is 42.6 Å². The molecular weight excluding hydrogens is 233 g/mol. The maximum absolute atomic E-state index is 13.4. The van der Waals surface area contributed by atoms with Gasteiger partial charge in [-0.1, -0.05) is 6.07 Å². The summed E-state index contributed by atoms with van der Waals surface area (Å²) in [5.74, 6) is -0.149. The first kappa shape index (κ1) is 12.8. The van der Waals surface area contributed by atoms with Gasteiger partial charge < -0.3 is 10.1 Å². The molecule has 3 nitrogen and oxygen atoms in total. The van der Waals surface area contributed by atoms with Gasteiger partial charge in [0.15, 0.2) is 11.6 Å². The molecule has 0 fully saturated rings. The number of hydrogen-bond donors (Lipinski definition) is 1.